The van der Waals surface area contributed by atoms with Crippen LogP contribution in [0.2, 0.25) is 0 Å². The molecule has 1 N–H and O–H groups in total. The van der Waals surface area contributed by atoms with Gasteiger partial charge in [0, 0.05) is 29.6 Å². The largest absolute Gasteiger partial charge is 0.506 e. The molecular formula is C14H11NNaO3. The van der Waals surface area contributed by atoms with Crippen molar-refractivity contribution >= 4 is 41.0 Å². The van der Waals surface area contributed by atoms with Crippen molar-refractivity contribution in [2.75, 3.05) is 11.6 Å². The Morgan fingerprint density at radius 1 is 1.05 bits per heavy atom. The molecule has 0 aromatic heterocycles. The summed E-state index contributed by atoms with van der Waals surface area (Å²) in [6.45, 7) is 0.0919. The normalized spacial score (nSPS) is 13.3. The van der Waals surface area contributed by atoms with Crippen LogP contribution in [0.15, 0.2) is 48.5 Å². The third kappa shape index (κ3) is 2.61. The Hall–Kier alpha value is -1.49. The first-order valence-electron chi connectivity index (χ1n) is 5.61. The molecule has 0 saturated heterocycles. The van der Waals surface area contributed by atoms with E-state index in [4.69, 9.17) is 4.84 Å². The SMILES string of the molecule is O=C1CN(c2ccccc2O)Oc2ccccc21.[Na]. The maximum Gasteiger partial charge on any atom is 0.189 e. The standard InChI is InChI=1S/C14H11NO3.Na/c16-12-7-3-2-6-11(12)15-9-13(17)10-5-1-4-8-14(10)18-15;/h1-8,16H,9H2;. The summed E-state index contributed by atoms with van der Waals surface area (Å²) in [7, 11) is 0. The van der Waals surface area contributed by atoms with Crippen molar-refractivity contribution in [2.24, 2.45) is 0 Å². The van der Waals surface area contributed by atoms with Crippen molar-refractivity contribution in [3.05, 3.63) is 54.1 Å². The van der Waals surface area contributed by atoms with Crippen molar-refractivity contribution < 1.29 is 14.7 Å². The number of anilines is 1. The molecule has 0 atom stereocenters. The summed E-state index contributed by atoms with van der Waals surface area (Å²) in [5, 5.41) is 11.2. The summed E-state index contributed by atoms with van der Waals surface area (Å²) >= 11 is 0. The topological polar surface area (TPSA) is 49.8 Å². The fraction of sp³-hybridized carbons (Fsp3) is 0.0714. The molecule has 2 aromatic rings. The van der Waals surface area contributed by atoms with Gasteiger partial charge in [-0.05, 0) is 24.3 Å². The predicted octanol–water partition coefficient (Wildman–Crippen LogP) is 2.01. The molecule has 5 heteroatoms. The summed E-state index contributed by atoms with van der Waals surface area (Å²) in [6, 6.07) is 13.8. The Labute approximate surface area is 132 Å². The molecule has 2 aromatic carbocycles. The minimum absolute atomic E-state index is 0. The zero-order valence-corrected chi connectivity index (χ0v) is 12.5. The van der Waals surface area contributed by atoms with Gasteiger partial charge in [-0.25, -0.2) is 0 Å². The minimum atomic E-state index is -0.0277. The molecule has 3 rings (SSSR count). The molecule has 1 aliphatic heterocycles. The Balaban J connectivity index is 0.00000133. The number of fused-ring (bicyclic) bond motifs is 1. The summed E-state index contributed by atoms with van der Waals surface area (Å²) < 4.78 is 0. The summed E-state index contributed by atoms with van der Waals surface area (Å²) in [4.78, 5) is 17.6. The van der Waals surface area contributed by atoms with Crippen LogP contribution in [0.3, 0.4) is 0 Å². The fourth-order valence-electron chi connectivity index (χ4n) is 1.95. The number of carbonyl (C=O) groups excluding carboxylic acids is 1. The van der Waals surface area contributed by atoms with Gasteiger partial charge in [0.2, 0.25) is 0 Å². The van der Waals surface area contributed by atoms with E-state index in [9.17, 15) is 9.90 Å². The monoisotopic (exact) mass is 264 g/mol. The Kier molecular flexibility index (Phi) is 4.14. The molecule has 0 fully saturated rings. The molecule has 0 bridgehead atoms. The average molecular weight is 264 g/mol. The van der Waals surface area contributed by atoms with E-state index in [1.807, 2.05) is 0 Å². The molecule has 0 aliphatic carbocycles. The zero-order valence-electron chi connectivity index (χ0n) is 10.5. The van der Waals surface area contributed by atoms with E-state index in [-0.39, 0.29) is 47.6 Å². The van der Waals surface area contributed by atoms with E-state index in [0.717, 1.165) is 0 Å². The van der Waals surface area contributed by atoms with Crippen molar-refractivity contribution in [2.45, 2.75) is 0 Å². The van der Waals surface area contributed by atoms with Gasteiger partial charge >= 0.3 is 0 Å². The van der Waals surface area contributed by atoms with E-state index < -0.39 is 0 Å². The number of phenolic OH excluding ortho intramolecular Hbond substituents is 1. The summed E-state index contributed by atoms with van der Waals surface area (Å²) in [5.74, 6) is 0.571. The van der Waals surface area contributed by atoms with Gasteiger partial charge in [0.1, 0.15) is 18.0 Å². The molecule has 1 heterocycles. The Bertz CT molecular complexity index is 615. The molecule has 0 saturated carbocycles. The molecule has 0 unspecified atom stereocenters. The number of ketones is 1. The number of nitrogens with zero attached hydrogens (tertiary/aromatic N) is 1. The van der Waals surface area contributed by atoms with Crippen molar-refractivity contribution in [1.29, 1.82) is 0 Å². The number of hydrogen-bond acceptors (Lipinski definition) is 4. The van der Waals surface area contributed by atoms with Crippen LogP contribution in [0.1, 0.15) is 10.4 Å². The number of hydroxylamine groups is 1. The molecule has 1 aliphatic rings. The van der Waals surface area contributed by atoms with E-state index in [1.165, 1.54) is 5.06 Å². The van der Waals surface area contributed by atoms with Gasteiger partial charge in [-0.15, -0.1) is 0 Å². The van der Waals surface area contributed by atoms with Crippen LogP contribution >= 0.6 is 0 Å². The second-order valence-electron chi connectivity index (χ2n) is 4.04. The van der Waals surface area contributed by atoms with Crippen molar-refractivity contribution in [3.63, 3.8) is 0 Å². The molecule has 19 heavy (non-hydrogen) atoms. The van der Waals surface area contributed by atoms with Gasteiger partial charge < -0.3 is 9.94 Å². The van der Waals surface area contributed by atoms with Gasteiger partial charge in [0.05, 0.1) is 5.56 Å². The van der Waals surface area contributed by atoms with E-state index in [0.29, 0.717) is 17.0 Å². The van der Waals surface area contributed by atoms with Crippen LogP contribution in [-0.2, 0) is 0 Å². The van der Waals surface area contributed by atoms with Crippen LogP contribution in [0, 0.1) is 0 Å². The number of benzene rings is 2. The fourth-order valence-corrected chi connectivity index (χ4v) is 1.95. The first-order chi connectivity index (χ1) is 8.75. The van der Waals surface area contributed by atoms with Crippen LogP contribution in [-0.4, -0.2) is 47.0 Å². The molecule has 0 amide bonds. The maximum atomic E-state index is 12.0. The number of carbonyl (C=O) groups is 1. The van der Waals surface area contributed by atoms with Crippen LogP contribution in [0.4, 0.5) is 5.69 Å². The van der Waals surface area contributed by atoms with Gasteiger partial charge in [0.15, 0.2) is 11.5 Å². The molecule has 0 spiro atoms. The van der Waals surface area contributed by atoms with Gasteiger partial charge in [-0.1, -0.05) is 24.3 Å². The van der Waals surface area contributed by atoms with Crippen LogP contribution in [0.25, 0.3) is 0 Å². The van der Waals surface area contributed by atoms with Gasteiger partial charge in [0.25, 0.3) is 0 Å². The molecule has 4 nitrogen and oxygen atoms in total. The van der Waals surface area contributed by atoms with Crippen LogP contribution < -0.4 is 9.90 Å². The van der Waals surface area contributed by atoms with Crippen molar-refractivity contribution in [1.82, 2.24) is 0 Å². The summed E-state index contributed by atoms with van der Waals surface area (Å²) in [5.41, 5.74) is 1.06. The number of aromatic hydroxyl groups is 1. The zero-order chi connectivity index (χ0) is 12.5. The molecule has 1 radical (unpaired) electrons. The van der Waals surface area contributed by atoms with Gasteiger partial charge in [-0.3, -0.25) is 4.79 Å². The second-order valence-corrected chi connectivity index (χ2v) is 4.04. The number of Topliss-reactive ketones (excluding diaryl/α,β-unsaturated/α-hetero) is 1. The number of phenols is 1. The Morgan fingerprint density at radius 2 is 1.74 bits per heavy atom. The number of para-hydroxylation sites is 3. The molecular weight excluding hydrogens is 253 g/mol. The van der Waals surface area contributed by atoms with Crippen LogP contribution in [0.5, 0.6) is 11.5 Å². The Morgan fingerprint density at radius 3 is 2.53 bits per heavy atom. The molecule has 91 valence electrons. The van der Waals surface area contributed by atoms with E-state index in [2.05, 4.69) is 0 Å². The smallest absolute Gasteiger partial charge is 0.189 e. The minimum Gasteiger partial charge on any atom is -0.506 e. The quantitative estimate of drug-likeness (QED) is 0.800. The first-order valence-corrected chi connectivity index (χ1v) is 5.61. The maximum absolute atomic E-state index is 12.0. The number of hydrogen-bond donors (Lipinski definition) is 1. The van der Waals surface area contributed by atoms with Crippen molar-refractivity contribution in [3.8, 4) is 11.5 Å². The van der Waals surface area contributed by atoms with E-state index >= 15 is 0 Å². The average Bonchev–Trinajstić information content (AvgIpc) is 2.39. The van der Waals surface area contributed by atoms with Gasteiger partial charge in [-0.2, -0.15) is 5.06 Å². The predicted molar refractivity (Wildman–Crippen MR) is 72.6 cm³/mol. The first kappa shape index (κ1) is 13.9. The second kappa shape index (κ2) is 5.65. The number of rotatable bonds is 1. The van der Waals surface area contributed by atoms with E-state index in [1.54, 1.807) is 48.5 Å². The third-order valence-electron chi connectivity index (χ3n) is 2.83. The third-order valence-corrected chi connectivity index (χ3v) is 2.83. The summed E-state index contributed by atoms with van der Waals surface area (Å²) in [6.07, 6.45) is 0.